The Morgan fingerprint density at radius 1 is 1.13 bits per heavy atom. The number of carbonyl (C=O) groups excluding carboxylic acids is 2. The number of hydrogen-bond donors (Lipinski definition) is 0. The standard InChI is InChI=1S/C19H23NO3/c1-4-15-7-9-16(10-8-15)17(21)11-12-19(22)20(3)14(2)18-6-5-13-23-18/h5-10,13-14H,4,11-12H2,1-3H3. The summed E-state index contributed by atoms with van der Waals surface area (Å²) in [5.74, 6) is 0.676. The van der Waals surface area contributed by atoms with Crippen LogP contribution in [0.3, 0.4) is 0 Å². The lowest BCUT2D eigenvalue weighted by Crippen LogP contribution is -2.29. The molecule has 0 radical (unpaired) electrons. The molecule has 1 atom stereocenters. The fraction of sp³-hybridized carbons (Fsp3) is 0.368. The molecule has 4 nitrogen and oxygen atoms in total. The van der Waals surface area contributed by atoms with Gasteiger partial charge in [0.05, 0.1) is 12.3 Å². The highest BCUT2D eigenvalue weighted by Crippen LogP contribution is 2.20. The van der Waals surface area contributed by atoms with E-state index in [1.54, 1.807) is 24.3 Å². The van der Waals surface area contributed by atoms with Gasteiger partial charge in [0.25, 0.3) is 0 Å². The van der Waals surface area contributed by atoms with E-state index in [1.165, 1.54) is 5.56 Å². The number of aryl methyl sites for hydroxylation is 1. The van der Waals surface area contributed by atoms with Gasteiger partial charge in [-0.25, -0.2) is 0 Å². The van der Waals surface area contributed by atoms with Gasteiger partial charge in [-0.3, -0.25) is 9.59 Å². The molecule has 0 bridgehead atoms. The van der Waals surface area contributed by atoms with Crippen molar-refractivity contribution in [1.29, 1.82) is 0 Å². The molecule has 1 heterocycles. The summed E-state index contributed by atoms with van der Waals surface area (Å²) in [6, 6.07) is 11.1. The molecule has 0 spiro atoms. The molecule has 4 heteroatoms. The van der Waals surface area contributed by atoms with Gasteiger partial charge in [-0.1, -0.05) is 31.2 Å². The maximum absolute atomic E-state index is 12.2. The van der Waals surface area contributed by atoms with E-state index < -0.39 is 0 Å². The molecule has 2 aromatic rings. The van der Waals surface area contributed by atoms with Gasteiger partial charge in [0.15, 0.2) is 5.78 Å². The van der Waals surface area contributed by atoms with Crippen LogP contribution in [0.4, 0.5) is 0 Å². The topological polar surface area (TPSA) is 50.5 Å². The Hall–Kier alpha value is -2.36. The molecule has 2 rings (SSSR count). The van der Waals surface area contributed by atoms with E-state index in [9.17, 15) is 9.59 Å². The fourth-order valence-corrected chi connectivity index (χ4v) is 2.40. The Morgan fingerprint density at radius 2 is 1.83 bits per heavy atom. The van der Waals surface area contributed by atoms with Crippen molar-refractivity contribution < 1.29 is 14.0 Å². The van der Waals surface area contributed by atoms with Crippen molar-refractivity contribution in [1.82, 2.24) is 4.90 Å². The Balaban J connectivity index is 1.88. The molecule has 1 unspecified atom stereocenters. The molecule has 23 heavy (non-hydrogen) atoms. The summed E-state index contributed by atoms with van der Waals surface area (Å²) in [7, 11) is 1.73. The van der Waals surface area contributed by atoms with Crippen LogP contribution in [-0.4, -0.2) is 23.6 Å². The zero-order valence-electron chi connectivity index (χ0n) is 13.9. The third kappa shape index (κ3) is 4.31. The monoisotopic (exact) mass is 313 g/mol. The van der Waals surface area contributed by atoms with Crippen molar-refractivity contribution >= 4 is 11.7 Å². The summed E-state index contributed by atoms with van der Waals surface area (Å²) >= 11 is 0. The summed E-state index contributed by atoms with van der Waals surface area (Å²) in [6.07, 6.45) is 2.96. The number of hydrogen-bond acceptors (Lipinski definition) is 3. The van der Waals surface area contributed by atoms with Crippen LogP contribution in [-0.2, 0) is 11.2 Å². The highest BCUT2D eigenvalue weighted by atomic mass is 16.3. The lowest BCUT2D eigenvalue weighted by Gasteiger charge is -2.23. The van der Waals surface area contributed by atoms with E-state index in [4.69, 9.17) is 4.42 Å². The second-order valence-corrected chi connectivity index (χ2v) is 5.67. The minimum absolute atomic E-state index is 0.0000507. The molecule has 1 amide bonds. The Morgan fingerprint density at radius 3 is 2.39 bits per heavy atom. The maximum atomic E-state index is 12.2. The third-order valence-electron chi connectivity index (χ3n) is 4.18. The fourth-order valence-electron chi connectivity index (χ4n) is 2.40. The molecule has 1 aromatic carbocycles. The van der Waals surface area contributed by atoms with Crippen LogP contribution in [0.5, 0.6) is 0 Å². The summed E-state index contributed by atoms with van der Waals surface area (Å²) in [5.41, 5.74) is 1.86. The predicted molar refractivity (Wildman–Crippen MR) is 89.3 cm³/mol. The number of benzene rings is 1. The smallest absolute Gasteiger partial charge is 0.223 e. The second-order valence-electron chi connectivity index (χ2n) is 5.67. The first-order valence-corrected chi connectivity index (χ1v) is 7.94. The number of ketones is 1. The van der Waals surface area contributed by atoms with Crippen LogP contribution in [0, 0.1) is 0 Å². The van der Waals surface area contributed by atoms with Crippen molar-refractivity contribution in [2.75, 3.05) is 7.05 Å². The largest absolute Gasteiger partial charge is 0.467 e. The summed E-state index contributed by atoms with van der Waals surface area (Å²) < 4.78 is 5.32. The number of carbonyl (C=O) groups is 2. The van der Waals surface area contributed by atoms with Crippen molar-refractivity contribution in [2.45, 2.75) is 39.2 Å². The summed E-state index contributed by atoms with van der Waals surface area (Å²) in [5, 5.41) is 0. The maximum Gasteiger partial charge on any atom is 0.223 e. The molecule has 0 aliphatic rings. The highest BCUT2D eigenvalue weighted by molar-refractivity contribution is 5.98. The van der Waals surface area contributed by atoms with Crippen molar-refractivity contribution in [2.24, 2.45) is 0 Å². The molecule has 0 saturated carbocycles. The van der Waals surface area contributed by atoms with Crippen molar-refractivity contribution in [3.63, 3.8) is 0 Å². The SMILES string of the molecule is CCc1ccc(C(=O)CCC(=O)N(C)C(C)c2ccco2)cc1. The molecule has 0 aliphatic carbocycles. The van der Waals surface area contributed by atoms with E-state index in [1.807, 2.05) is 37.3 Å². The average Bonchev–Trinajstić information content (AvgIpc) is 3.12. The normalized spacial score (nSPS) is 12.0. The van der Waals surface area contributed by atoms with Gasteiger partial charge in [0, 0.05) is 25.5 Å². The van der Waals surface area contributed by atoms with E-state index in [2.05, 4.69) is 6.92 Å². The molecular formula is C19H23NO3. The highest BCUT2D eigenvalue weighted by Gasteiger charge is 2.20. The zero-order valence-corrected chi connectivity index (χ0v) is 13.9. The Bertz CT molecular complexity index is 644. The third-order valence-corrected chi connectivity index (χ3v) is 4.18. The van der Waals surface area contributed by atoms with Gasteiger partial charge in [0.1, 0.15) is 5.76 Å². The first-order chi connectivity index (χ1) is 11.0. The van der Waals surface area contributed by atoms with Gasteiger partial charge in [-0.15, -0.1) is 0 Å². The molecule has 0 saturated heterocycles. The van der Waals surface area contributed by atoms with Gasteiger partial charge in [-0.05, 0) is 31.0 Å². The zero-order chi connectivity index (χ0) is 16.8. The van der Waals surface area contributed by atoms with Crippen LogP contribution in [0.2, 0.25) is 0 Å². The van der Waals surface area contributed by atoms with Gasteiger partial charge >= 0.3 is 0 Å². The second kappa shape index (κ2) is 7.77. The van der Waals surface area contributed by atoms with E-state index in [-0.39, 0.29) is 30.6 Å². The number of nitrogens with zero attached hydrogens (tertiary/aromatic N) is 1. The van der Waals surface area contributed by atoms with Crippen LogP contribution in [0.25, 0.3) is 0 Å². The molecule has 0 aliphatic heterocycles. The van der Waals surface area contributed by atoms with Gasteiger partial charge in [0.2, 0.25) is 5.91 Å². The lowest BCUT2D eigenvalue weighted by atomic mass is 10.0. The molecular weight excluding hydrogens is 290 g/mol. The van der Waals surface area contributed by atoms with Gasteiger partial charge < -0.3 is 9.32 Å². The molecule has 0 N–H and O–H groups in total. The number of Topliss-reactive ketones (excluding diaryl/α,β-unsaturated/α-hetero) is 1. The Kier molecular flexibility index (Phi) is 5.74. The summed E-state index contributed by atoms with van der Waals surface area (Å²) in [6.45, 7) is 3.98. The van der Waals surface area contributed by atoms with E-state index >= 15 is 0 Å². The molecule has 0 fully saturated rings. The average molecular weight is 313 g/mol. The van der Waals surface area contributed by atoms with Crippen LogP contribution in [0.1, 0.15) is 54.4 Å². The Labute approximate surface area is 137 Å². The number of amides is 1. The van der Waals surface area contributed by atoms with Crippen LogP contribution >= 0.6 is 0 Å². The lowest BCUT2D eigenvalue weighted by molar-refractivity contribution is -0.132. The summed E-state index contributed by atoms with van der Waals surface area (Å²) in [4.78, 5) is 26.0. The van der Waals surface area contributed by atoms with Crippen LogP contribution < -0.4 is 0 Å². The number of furan rings is 1. The van der Waals surface area contributed by atoms with E-state index in [0.29, 0.717) is 5.56 Å². The minimum atomic E-state index is -0.142. The van der Waals surface area contributed by atoms with E-state index in [0.717, 1.165) is 12.2 Å². The minimum Gasteiger partial charge on any atom is -0.467 e. The first kappa shape index (κ1) is 17.0. The van der Waals surface area contributed by atoms with Gasteiger partial charge in [-0.2, -0.15) is 0 Å². The predicted octanol–water partition coefficient (Wildman–Crippen LogP) is 4.02. The van der Waals surface area contributed by atoms with Crippen molar-refractivity contribution in [3.8, 4) is 0 Å². The quantitative estimate of drug-likeness (QED) is 0.725. The molecule has 122 valence electrons. The van der Waals surface area contributed by atoms with Crippen LogP contribution in [0.15, 0.2) is 47.1 Å². The molecule has 1 aromatic heterocycles. The first-order valence-electron chi connectivity index (χ1n) is 7.94. The van der Waals surface area contributed by atoms with Crippen molar-refractivity contribution in [3.05, 3.63) is 59.5 Å². The number of rotatable bonds is 7.